The van der Waals surface area contributed by atoms with Gasteiger partial charge in [0.25, 0.3) is 0 Å². The molecule has 3 N–H and O–H groups in total. The highest BCUT2D eigenvalue weighted by Gasteiger charge is 1.98. The average Bonchev–Trinajstić information content (AvgIpc) is 2.10. The molecule has 0 spiro atoms. The molecule has 1 amide bonds. The Morgan fingerprint density at radius 2 is 2.08 bits per heavy atom. The fourth-order valence-electron chi connectivity index (χ4n) is 0.641. The van der Waals surface area contributed by atoms with Crippen LogP contribution in [0.4, 0.5) is 4.79 Å². The number of carbonyl (C=O) groups is 2. The number of methoxy groups -OCH3 is 1. The molecule has 0 bridgehead atoms. The lowest BCUT2D eigenvalue weighted by atomic mass is 10.4. The predicted molar refractivity (Wildman–Crippen MR) is 45.0 cm³/mol. The van der Waals surface area contributed by atoms with Gasteiger partial charge < -0.3 is 20.5 Å². The summed E-state index contributed by atoms with van der Waals surface area (Å²) in [5.74, 6) is -0.275. The van der Waals surface area contributed by atoms with E-state index in [0.29, 0.717) is 19.5 Å². The van der Waals surface area contributed by atoms with Gasteiger partial charge in [0, 0.05) is 13.1 Å². The van der Waals surface area contributed by atoms with Gasteiger partial charge in [-0.25, -0.2) is 4.79 Å². The third-order valence-corrected chi connectivity index (χ3v) is 1.26. The van der Waals surface area contributed by atoms with E-state index in [1.165, 1.54) is 7.11 Å². The molecule has 0 heterocycles. The lowest BCUT2D eigenvalue weighted by Gasteiger charge is -2.03. The minimum Gasteiger partial charge on any atom is -0.469 e. The Bertz CT molecular complexity index is 172. The van der Waals surface area contributed by atoms with Gasteiger partial charge in [0.05, 0.1) is 13.5 Å². The second kappa shape index (κ2) is 7.35. The number of hydrogen-bond acceptors (Lipinski definition) is 5. The minimum atomic E-state index is -0.797. The van der Waals surface area contributed by atoms with Gasteiger partial charge in [-0.05, 0) is 0 Å². The molecule has 0 unspecified atom stereocenters. The van der Waals surface area contributed by atoms with Gasteiger partial charge in [-0.3, -0.25) is 4.79 Å². The van der Waals surface area contributed by atoms with Crippen molar-refractivity contribution in [2.24, 2.45) is 5.73 Å². The standard InChI is InChI=1S/C7H14N2O4/c1-12-6(10)2-3-9-4-5-13-7(8)11/h9H,2-5H2,1H3,(H2,8,11). The summed E-state index contributed by atoms with van der Waals surface area (Å²) in [5, 5.41) is 2.87. The maximum atomic E-state index is 10.6. The zero-order chi connectivity index (χ0) is 10.1. The molecule has 0 aliphatic carbocycles. The first-order valence-electron chi connectivity index (χ1n) is 3.86. The molecule has 0 atom stereocenters. The number of nitrogens with two attached hydrogens (primary N) is 1. The van der Waals surface area contributed by atoms with E-state index < -0.39 is 6.09 Å². The highest BCUT2D eigenvalue weighted by Crippen LogP contribution is 1.80. The normalized spacial score (nSPS) is 9.31. The molecule has 13 heavy (non-hydrogen) atoms. The maximum Gasteiger partial charge on any atom is 0.404 e. The second-order valence-electron chi connectivity index (χ2n) is 2.24. The van der Waals surface area contributed by atoms with E-state index in [1.54, 1.807) is 0 Å². The van der Waals surface area contributed by atoms with Crippen molar-refractivity contribution >= 4 is 12.1 Å². The molecule has 0 aromatic rings. The first kappa shape index (κ1) is 11.7. The summed E-state index contributed by atoms with van der Waals surface area (Å²) >= 11 is 0. The molecule has 76 valence electrons. The number of nitrogens with one attached hydrogen (secondary N) is 1. The van der Waals surface area contributed by atoms with E-state index in [1.807, 2.05) is 0 Å². The topological polar surface area (TPSA) is 90.7 Å². The van der Waals surface area contributed by atoms with Gasteiger partial charge in [-0.15, -0.1) is 0 Å². The van der Waals surface area contributed by atoms with Crippen LogP contribution in [0.25, 0.3) is 0 Å². The van der Waals surface area contributed by atoms with Crippen LogP contribution in [0, 0.1) is 0 Å². The first-order valence-corrected chi connectivity index (χ1v) is 3.86. The van der Waals surface area contributed by atoms with Crippen molar-refractivity contribution < 1.29 is 19.1 Å². The molecule has 6 nitrogen and oxygen atoms in total. The molecule has 0 radical (unpaired) electrons. The summed E-state index contributed by atoms with van der Waals surface area (Å²) in [7, 11) is 1.33. The van der Waals surface area contributed by atoms with Crippen molar-refractivity contribution in [3.8, 4) is 0 Å². The minimum absolute atomic E-state index is 0.205. The maximum absolute atomic E-state index is 10.6. The zero-order valence-electron chi connectivity index (χ0n) is 7.54. The fraction of sp³-hybridized carbons (Fsp3) is 0.714. The lowest BCUT2D eigenvalue weighted by molar-refractivity contribution is -0.140. The van der Waals surface area contributed by atoms with E-state index in [-0.39, 0.29) is 12.6 Å². The number of carbonyl (C=O) groups excluding carboxylic acids is 2. The third-order valence-electron chi connectivity index (χ3n) is 1.26. The Balaban J connectivity index is 3.08. The smallest absolute Gasteiger partial charge is 0.404 e. The van der Waals surface area contributed by atoms with Gasteiger partial charge >= 0.3 is 12.1 Å². The van der Waals surface area contributed by atoms with Gasteiger partial charge in [0.2, 0.25) is 0 Å². The Hall–Kier alpha value is -1.30. The van der Waals surface area contributed by atoms with Gasteiger partial charge in [0.15, 0.2) is 0 Å². The summed E-state index contributed by atoms with van der Waals surface area (Å²) in [6, 6.07) is 0. The van der Waals surface area contributed by atoms with Gasteiger partial charge in [-0.1, -0.05) is 0 Å². The fourth-order valence-corrected chi connectivity index (χ4v) is 0.641. The number of primary amides is 1. The lowest BCUT2D eigenvalue weighted by Crippen LogP contribution is -2.25. The second-order valence-corrected chi connectivity index (χ2v) is 2.24. The van der Waals surface area contributed by atoms with E-state index in [0.717, 1.165) is 0 Å². The molecule has 0 aliphatic heterocycles. The van der Waals surface area contributed by atoms with Crippen LogP contribution in [0.3, 0.4) is 0 Å². The van der Waals surface area contributed by atoms with Crippen molar-refractivity contribution in [1.82, 2.24) is 5.32 Å². The molecule has 0 saturated carbocycles. The Labute approximate surface area is 76.4 Å². The van der Waals surface area contributed by atoms with E-state index in [9.17, 15) is 9.59 Å². The van der Waals surface area contributed by atoms with Crippen molar-refractivity contribution in [3.63, 3.8) is 0 Å². The molecular formula is C7H14N2O4. The summed E-state index contributed by atoms with van der Waals surface area (Å²) in [6.07, 6.45) is -0.498. The summed E-state index contributed by atoms with van der Waals surface area (Å²) in [4.78, 5) is 20.7. The van der Waals surface area contributed by atoms with Crippen molar-refractivity contribution in [2.45, 2.75) is 6.42 Å². The van der Waals surface area contributed by atoms with Crippen LogP contribution in [-0.4, -0.2) is 38.9 Å². The van der Waals surface area contributed by atoms with E-state index in [2.05, 4.69) is 14.8 Å². The van der Waals surface area contributed by atoms with Crippen LogP contribution in [0.15, 0.2) is 0 Å². The Morgan fingerprint density at radius 3 is 2.62 bits per heavy atom. The number of amides is 1. The van der Waals surface area contributed by atoms with Crippen LogP contribution < -0.4 is 11.1 Å². The van der Waals surface area contributed by atoms with E-state index >= 15 is 0 Å². The monoisotopic (exact) mass is 190 g/mol. The highest BCUT2D eigenvalue weighted by atomic mass is 16.5. The van der Waals surface area contributed by atoms with Crippen LogP contribution in [0.1, 0.15) is 6.42 Å². The molecule has 0 fully saturated rings. The van der Waals surface area contributed by atoms with Crippen molar-refractivity contribution in [3.05, 3.63) is 0 Å². The quantitative estimate of drug-likeness (QED) is 0.424. The zero-order valence-corrected chi connectivity index (χ0v) is 7.54. The number of ether oxygens (including phenoxy) is 2. The number of esters is 1. The molecule has 0 rings (SSSR count). The summed E-state index contributed by atoms with van der Waals surface area (Å²) in [6.45, 7) is 1.17. The van der Waals surface area contributed by atoms with Crippen LogP contribution in [-0.2, 0) is 14.3 Å². The average molecular weight is 190 g/mol. The molecule has 0 saturated heterocycles. The van der Waals surface area contributed by atoms with Crippen LogP contribution >= 0.6 is 0 Å². The SMILES string of the molecule is COC(=O)CCNCCOC(N)=O. The van der Waals surface area contributed by atoms with E-state index in [4.69, 9.17) is 5.73 Å². The first-order chi connectivity index (χ1) is 6.16. The Kier molecular flexibility index (Phi) is 6.62. The molecule has 0 aromatic carbocycles. The Morgan fingerprint density at radius 1 is 1.38 bits per heavy atom. The predicted octanol–water partition coefficient (Wildman–Crippen LogP) is -0.766. The molecule has 6 heteroatoms. The van der Waals surface area contributed by atoms with Crippen molar-refractivity contribution in [2.75, 3.05) is 26.8 Å². The van der Waals surface area contributed by atoms with Gasteiger partial charge in [-0.2, -0.15) is 0 Å². The van der Waals surface area contributed by atoms with Crippen LogP contribution in [0.5, 0.6) is 0 Å². The largest absolute Gasteiger partial charge is 0.469 e. The molecule has 0 aliphatic rings. The molecule has 0 aromatic heterocycles. The summed E-state index contributed by atoms with van der Waals surface area (Å²) in [5.41, 5.74) is 4.71. The van der Waals surface area contributed by atoms with Crippen LogP contribution in [0.2, 0.25) is 0 Å². The number of rotatable bonds is 6. The van der Waals surface area contributed by atoms with Crippen molar-refractivity contribution in [1.29, 1.82) is 0 Å². The summed E-state index contributed by atoms with van der Waals surface area (Å²) < 4.78 is 8.85. The molecular weight excluding hydrogens is 176 g/mol. The highest BCUT2D eigenvalue weighted by molar-refractivity contribution is 5.69. The number of hydrogen-bond donors (Lipinski definition) is 2. The third kappa shape index (κ3) is 8.61. The van der Waals surface area contributed by atoms with Gasteiger partial charge in [0.1, 0.15) is 6.61 Å².